The Morgan fingerprint density at radius 3 is 0.893 bits per heavy atom. The maximum Gasteiger partial charge on any atom is 0.0916 e. The van der Waals surface area contributed by atoms with E-state index in [-0.39, 0.29) is 0 Å². The van der Waals surface area contributed by atoms with Gasteiger partial charge < -0.3 is 13.7 Å². The van der Waals surface area contributed by atoms with Gasteiger partial charge in [-0.1, -0.05) is 0 Å². The summed E-state index contributed by atoms with van der Waals surface area (Å²) < 4.78 is 83.1. The molecule has 9 nitrogen and oxygen atoms in total. The summed E-state index contributed by atoms with van der Waals surface area (Å²) in [5, 5.41) is 0. The molecular formula is C15H34O9S3Sn. The summed E-state index contributed by atoms with van der Waals surface area (Å²) in [6, 6.07) is 0. The normalized spacial score (nSPS) is 11.2. The van der Waals surface area contributed by atoms with E-state index < -0.39 is 30.4 Å². The first kappa shape index (κ1) is 35.9. The van der Waals surface area contributed by atoms with Crippen LogP contribution in [-0.4, -0.2) is 80.2 Å². The molecule has 0 radical (unpaired) electrons. The van der Waals surface area contributed by atoms with Crippen LogP contribution in [0.15, 0.2) is 0 Å². The summed E-state index contributed by atoms with van der Waals surface area (Å²) in [6.07, 6.45) is 16.5. The molecule has 0 aliphatic carbocycles. The predicted octanol–water partition coefficient (Wildman–Crippen LogP) is 1.98. The molecule has 0 aromatic carbocycles. The Labute approximate surface area is 185 Å². The van der Waals surface area contributed by atoms with Gasteiger partial charge in [-0.25, -0.2) is 25.3 Å². The Morgan fingerprint density at radius 1 is 0.536 bits per heavy atom. The van der Waals surface area contributed by atoms with E-state index in [1.54, 1.807) is 22.5 Å². The summed E-state index contributed by atoms with van der Waals surface area (Å²) in [6.45, 7) is 2.28. The zero-order valence-electron chi connectivity index (χ0n) is 17.2. The molecule has 0 spiro atoms. The van der Waals surface area contributed by atoms with Crippen molar-refractivity contribution in [3.63, 3.8) is 0 Å². The SMILES string of the molecule is CCCCCCCCCCC[CH2][Sn+3].CS(=O)(=O)[O-].CS(=O)(=O)[O-].CS(=O)(=O)[O-]. The molecule has 0 atom stereocenters. The summed E-state index contributed by atoms with van der Waals surface area (Å²) in [4.78, 5) is 0. The van der Waals surface area contributed by atoms with Crippen LogP contribution in [0.4, 0.5) is 0 Å². The van der Waals surface area contributed by atoms with Gasteiger partial charge in [-0.15, -0.1) is 0 Å². The monoisotopic (exact) mass is 574 g/mol. The molecule has 0 saturated heterocycles. The first-order valence-corrected chi connectivity index (χ1v) is 16.3. The smallest absolute Gasteiger partial charge is 0.0916 e. The number of rotatable bonds is 10. The quantitative estimate of drug-likeness (QED) is 0.215. The van der Waals surface area contributed by atoms with Gasteiger partial charge in [0.15, 0.2) is 0 Å². The van der Waals surface area contributed by atoms with Gasteiger partial charge in [0.2, 0.25) is 0 Å². The van der Waals surface area contributed by atoms with Crippen LogP contribution in [0.3, 0.4) is 0 Å². The van der Waals surface area contributed by atoms with Crippen LogP contribution in [0.25, 0.3) is 0 Å². The molecule has 0 N–H and O–H groups in total. The second-order valence-electron chi connectivity index (χ2n) is 6.04. The van der Waals surface area contributed by atoms with E-state index in [1.807, 2.05) is 0 Å². The molecule has 170 valence electrons. The first-order chi connectivity index (χ1) is 12.4. The van der Waals surface area contributed by atoms with E-state index in [0.717, 1.165) is 0 Å². The average molecular weight is 573 g/mol. The molecule has 0 heterocycles. The summed E-state index contributed by atoms with van der Waals surface area (Å²) in [5.74, 6) is 0. The maximum atomic E-state index is 9.08. The standard InChI is InChI=1S/C12H25.3CH4O3S.Sn/c1-3-5-7-9-11-12-10-8-6-4-2;3*1-5(2,3)4;/h1,3-12H2,2H3;3*1H3,(H,2,3,4);/q;;;;+3/p-3. The van der Waals surface area contributed by atoms with E-state index in [4.69, 9.17) is 38.9 Å². The van der Waals surface area contributed by atoms with Gasteiger partial charge in [0, 0.05) is 18.8 Å². The van der Waals surface area contributed by atoms with E-state index in [0.29, 0.717) is 18.8 Å². The minimum atomic E-state index is -3.92. The van der Waals surface area contributed by atoms with Crippen molar-refractivity contribution in [1.29, 1.82) is 0 Å². The number of unbranched alkanes of at least 4 members (excludes halogenated alkanes) is 9. The van der Waals surface area contributed by atoms with Crippen LogP contribution in [0.5, 0.6) is 0 Å². The maximum absolute atomic E-state index is 9.08. The third-order valence-corrected chi connectivity index (χ3v) is 3.54. The van der Waals surface area contributed by atoms with Crippen molar-refractivity contribution in [3.8, 4) is 0 Å². The van der Waals surface area contributed by atoms with Crippen LogP contribution in [0.2, 0.25) is 4.44 Å². The van der Waals surface area contributed by atoms with Crippen LogP contribution < -0.4 is 0 Å². The Morgan fingerprint density at radius 2 is 0.714 bits per heavy atom. The Hall–Kier alpha value is 0.529. The number of hydrogen-bond acceptors (Lipinski definition) is 9. The van der Waals surface area contributed by atoms with Crippen molar-refractivity contribution in [1.82, 2.24) is 0 Å². The van der Waals surface area contributed by atoms with Crippen molar-refractivity contribution in [2.45, 2.75) is 75.6 Å². The minimum absolute atomic E-state index is 0.604. The molecule has 0 aliphatic heterocycles. The zero-order valence-corrected chi connectivity index (χ0v) is 22.5. The predicted molar refractivity (Wildman–Crippen MR) is 109 cm³/mol. The van der Waals surface area contributed by atoms with Crippen LogP contribution in [0.1, 0.15) is 71.1 Å². The summed E-state index contributed by atoms with van der Waals surface area (Å²) in [5.41, 5.74) is 0. The van der Waals surface area contributed by atoms with Crippen molar-refractivity contribution in [2.24, 2.45) is 0 Å². The Balaban J connectivity index is -0.000000159. The van der Waals surface area contributed by atoms with E-state index in [2.05, 4.69) is 6.92 Å². The molecule has 0 aliphatic rings. The van der Waals surface area contributed by atoms with E-state index in [9.17, 15) is 0 Å². The fraction of sp³-hybridized carbons (Fsp3) is 1.00. The largest absolute Gasteiger partial charge is 0.748 e. The zero-order chi connectivity index (χ0) is 23.3. The first-order valence-electron chi connectivity index (χ1n) is 8.79. The molecule has 0 bridgehead atoms. The molecule has 28 heavy (non-hydrogen) atoms. The Bertz CT molecular complexity index is 510. The van der Waals surface area contributed by atoms with Gasteiger partial charge >= 0.3 is 98.1 Å². The molecule has 0 saturated carbocycles. The molecular weight excluding hydrogens is 539 g/mol. The van der Waals surface area contributed by atoms with Gasteiger partial charge in [0.05, 0.1) is 30.4 Å². The molecule has 0 aromatic rings. The van der Waals surface area contributed by atoms with Gasteiger partial charge in [0.25, 0.3) is 0 Å². The van der Waals surface area contributed by atoms with E-state index >= 15 is 0 Å². The van der Waals surface area contributed by atoms with Crippen molar-refractivity contribution < 1.29 is 38.9 Å². The molecule has 13 heteroatoms. The van der Waals surface area contributed by atoms with Crippen molar-refractivity contribution in [3.05, 3.63) is 0 Å². The van der Waals surface area contributed by atoms with Crippen LogP contribution in [0, 0.1) is 0 Å². The van der Waals surface area contributed by atoms with Crippen molar-refractivity contribution in [2.75, 3.05) is 18.8 Å². The van der Waals surface area contributed by atoms with E-state index in [1.165, 1.54) is 68.6 Å². The molecule has 0 rings (SSSR count). The van der Waals surface area contributed by atoms with Gasteiger partial charge in [-0.3, -0.25) is 0 Å². The van der Waals surface area contributed by atoms with Crippen LogP contribution in [-0.2, 0) is 30.4 Å². The average Bonchev–Trinajstić information content (AvgIpc) is 2.40. The molecule has 0 unspecified atom stereocenters. The molecule has 0 fully saturated rings. The van der Waals surface area contributed by atoms with Gasteiger partial charge in [0.1, 0.15) is 0 Å². The Kier molecular flexibility index (Phi) is 28.5. The van der Waals surface area contributed by atoms with Crippen molar-refractivity contribution >= 4 is 52.9 Å². The van der Waals surface area contributed by atoms with Gasteiger partial charge in [-0.2, -0.15) is 0 Å². The molecule has 0 aromatic heterocycles. The fourth-order valence-corrected chi connectivity index (χ4v) is 2.33. The van der Waals surface area contributed by atoms with Crippen LogP contribution >= 0.6 is 0 Å². The summed E-state index contributed by atoms with van der Waals surface area (Å²) in [7, 11) is -11.8. The number of hydrogen-bond donors (Lipinski definition) is 0. The fourth-order valence-electron chi connectivity index (χ4n) is 1.61. The topological polar surface area (TPSA) is 172 Å². The summed E-state index contributed by atoms with van der Waals surface area (Å²) >= 11 is 1.72. The second-order valence-corrected chi connectivity index (χ2v) is 11.7. The third kappa shape index (κ3) is 156. The van der Waals surface area contributed by atoms with Gasteiger partial charge in [-0.05, 0) is 0 Å². The minimum Gasteiger partial charge on any atom is -0.748 e. The molecule has 0 amide bonds. The second kappa shape index (κ2) is 22.2. The third-order valence-electron chi connectivity index (χ3n) is 2.53.